The lowest BCUT2D eigenvalue weighted by Crippen LogP contribution is -2.04. The number of pyridine rings is 2. The average Bonchev–Trinajstić information content (AvgIpc) is 3.06. The first kappa shape index (κ1) is 18.9. The van der Waals surface area contributed by atoms with E-state index < -0.39 is 0 Å². The van der Waals surface area contributed by atoms with Crippen molar-refractivity contribution in [1.29, 1.82) is 0 Å². The van der Waals surface area contributed by atoms with E-state index in [9.17, 15) is 0 Å². The first-order valence-corrected chi connectivity index (χ1v) is 9.52. The highest BCUT2D eigenvalue weighted by atomic mass is 16.5. The SMILES string of the molecule is CCOC(C)c1cnnc(Nc2ccc3ncc(-c4cn(C)nc4C)cc3n2)c1. The molecule has 1 unspecified atom stereocenters. The van der Waals surface area contributed by atoms with Crippen LogP contribution < -0.4 is 5.32 Å². The molecule has 4 rings (SSSR count). The Bertz CT molecular complexity index is 1150. The van der Waals surface area contributed by atoms with Crippen LogP contribution >= 0.6 is 0 Å². The van der Waals surface area contributed by atoms with Gasteiger partial charge in [0.05, 0.1) is 29.0 Å². The molecule has 0 amide bonds. The number of rotatable bonds is 6. The Balaban J connectivity index is 1.63. The third-order valence-electron chi connectivity index (χ3n) is 4.68. The Hall–Kier alpha value is -3.39. The fraction of sp³-hybridized carbons (Fsp3) is 0.286. The predicted molar refractivity (Wildman–Crippen MR) is 112 cm³/mol. The van der Waals surface area contributed by atoms with E-state index in [-0.39, 0.29) is 6.10 Å². The molecule has 0 bridgehead atoms. The third-order valence-corrected chi connectivity index (χ3v) is 4.68. The van der Waals surface area contributed by atoms with Crippen molar-refractivity contribution in [2.24, 2.45) is 7.05 Å². The minimum atomic E-state index is -0.0462. The van der Waals surface area contributed by atoms with Crippen LogP contribution in [-0.4, -0.2) is 36.6 Å². The molecule has 0 radical (unpaired) electrons. The number of hydrogen-bond acceptors (Lipinski definition) is 7. The highest BCUT2D eigenvalue weighted by Crippen LogP contribution is 2.26. The van der Waals surface area contributed by atoms with Gasteiger partial charge in [-0.25, -0.2) is 4.98 Å². The topological polar surface area (TPSA) is 90.6 Å². The largest absolute Gasteiger partial charge is 0.374 e. The molecule has 8 heteroatoms. The van der Waals surface area contributed by atoms with Gasteiger partial charge in [0, 0.05) is 42.7 Å². The maximum absolute atomic E-state index is 5.63. The van der Waals surface area contributed by atoms with Gasteiger partial charge in [-0.1, -0.05) is 0 Å². The zero-order valence-corrected chi connectivity index (χ0v) is 16.9. The third kappa shape index (κ3) is 4.07. The molecule has 8 nitrogen and oxygen atoms in total. The fourth-order valence-corrected chi connectivity index (χ4v) is 3.25. The van der Waals surface area contributed by atoms with Crippen LogP contribution in [-0.2, 0) is 11.8 Å². The van der Waals surface area contributed by atoms with Crippen molar-refractivity contribution in [2.75, 3.05) is 11.9 Å². The molecule has 1 N–H and O–H groups in total. The van der Waals surface area contributed by atoms with E-state index >= 15 is 0 Å². The van der Waals surface area contributed by atoms with E-state index in [1.165, 1.54) is 0 Å². The van der Waals surface area contributed by atoms with Crippen molar-refractivity contribution in [2.45, 2.75) is 26.9 Å². The fourth-order valence-electron chi connectivity index (χ4n) is 3.25. The summed E-state index contributed by atoms with van der Waals surface area (Å²) in [5.41, 5.74) is 5.57. The molecular weight excluding hydrogens is 366 g/mol. The highest BCUT2D eigenvalue weighted by molar-refractivity contribution is 5.82. The number of aromatic nitrogens is 6. The molecule has 0 aromatic carbocycles. The molecule has 1 atom stereocenters. The molecule has 4 heterocycles. The van der Waals surface area contributed by atoms with E-state index in [0.717, 1.165) is 33.4 Å². The molecule has 29 heavy (non-hydrogen) atoms. The number of anilines is 2. The molecule has 4 aromatic heterocycles. The quantitative estimate of drug-likeness (QED) is 0.533. The zero-order chi connectivity index (χ0) is 20.4. The molecule has 0 saturated heterocycles. The highest BCUT2D eigenvalue weighted by Gasteiger charge is 2.10. The summed E-state index contributed by atoms with van der Waals surface area (Å²) >= 11 is 0. The van der Waals surface area contributed by atoms with Gasteiger partial charge < -0.3 is 10.1 Å². The summed E-state index contributed by atoms with van der Waals surface area (Å²) in [7, 11) is 1.91. The number of fused-ring (bicyclic) bond motifs is 1. The first-order valence-electron chi connectivity index (χ1n) is 9.52. The minimum Gasteiger partial charge on any atom is -0.374 e. The van der Waals surface area contributed by atoms with Crippen LogP contribution in [0.25, 0.3) is 22.2 Å². The van der Waals surface area contributed by atoms with Gasteiger partial charge in [-0.2, -0.15) is 10.2 Å². The van der Waals surface area contributed by atoms with Gasteiger partial charge in [-0.15, -0.1) is 5.10 Å². The second kappa shape index (κ2) is 7.92. The van der Waals surface area contributed by atoms with Crippen molar-refractivity contribution < 1.29 is 4.74 Å². The summed E-state index contributed by atoms with van der Waals surface area (Å²) in [6.45, 7) is 6.59. The first-order chi connectivity index (χ1) is 14.0. The van der Waals surface area contributed by atoms with Gasteiger partial charge in [0.1, 0.15) is 5.82 Å². The van der Waals surface area contributed by atoms with Gasteiger partial charge in [-0.05, 0) is 45.0 Å². The molecule has 0 saturated carbocycles. The van der Waals surface area contributed by atoms with Gasteiger partial charge in [0.2, 0.25) is 0 Å². The summed E-state index contributed by atoms with van der Waals surface area (Å²) < 4.78 is 7.43. The van der Waals surface area contributed by atoms with E-state index in [1.807, 2.05) is 64.5 Å². The summed E-state index contributed by atoms with van der Waals surface area (Å²) in [4.78, 5) is 9.25. The van der Waals surface area contributed by atoms with E-state index in [1.54, 1.807) is 10.9 Å². The van der Waals surface area contributed by atoms with Crippen LogP contribution in [0, 0.1) is 6.92 Å². The monoisotopic (exact) mass is 389 g/mol. The number of ether oxygens (including phenoxy) is 1. The van der Waals surface area contributed by atoms with Crippen LogP contribution in [0.2, 0.25) is 0 Å². The lowest BCUT2D eigenvalue weighted by atomic mass is 10.1. The second-order valence-electron chi connectivity index (χ2n) is 6.86. The Morgan fingerprint density at radius 3 is 2.76 bits per heavy atom. The van der Waals surface area contributed by atoms with Crippen LogP contribution in [0.3, 0.4) is 0 Å². The standard InChI is InChI=1S/C21H23N7O/c1-5-29-14(3)15-9-21(26-23-11-15)25-20-7-6-18-19(24-20)8-16(10-22-18)17-12-28(4)27-13(17)2/h6-12,14H,5H2,1-4H3,(H,24,25,26). The summed E-state index contributed by atoms with van der Waals surface area (Å²) in [6, 6.07) is 7.76. The van der Waals surface area contributed by atoms with Crippen LogP contribution in [0.5, 0.6) is 0 Å². The molecule has 4 aromatic rings. The normalized spacial score (nSPS) is 12.3. The van der Waals surface area contributed by atoms with Crippen molar-refractivity contribution >= 4 is 22.7 Å². The van der Waals surface area contributed by atoms with Crippen LogP contribution in [0.1, 0.15) is 31.2 Å². The predicted octanol–water partition coefficient (Wildman–Crippen LogP) is 3.97. The van der Waals surface area contributed by atoms with Gasteiger partial charge >= 0.3 is 0 Å². The number of nitrogens with one attached hydrogen (secondary N) is 1. The Morgan fingerprint density at radius 1 is 1.14 bits per heavy atom. The lowest BCUT2D eigenvalue weighted by molar-refractivity contribution is 0.0761. The van der Waals surface area contributed by atoms with Gasteiger partial charge in [-0.3, -0.25) is 9.67 Å². The summed E-state index contributed by atoms with van der Waals surface area (Å²) in [5.74, 6) is 1.29. The Morgan fingerprint density at radius 2 is 2.00 bits per heavy atom. The molecule has 0 aliphatic heterocycles. The van der Waals surface area contributed by atoms with E-state index in [4.69, 9.17) is 9.72 Å². The number of hydrogen-bond donors (Lipinski definition) is 1. The smallest absolute Gasteiger partial charge is 0.154 e. The van der Waals surface area contributed by atoms with E-state index in [0.29, 0.717) is 18.2 Å². The van der Waals surface area contributed by atoms with Crippen molar-refractivity contribution in [3.8, 4) is 11.1 Å². The zero-order valence-electron chi connectivity index (χ0n) is 16.9. The maximum atomic E-state index is 5.63. The molecule has 0 aliphatic carbocycles. The Kier molecular flexibility index (Phi) is 5.18. The second-order valence-corrected chi connectivity index (χ2v) is 6.86. The van der Waals surface area contributed by atoms with E-state index in [2.05, 4.69) is 25.6 Å². The van der Waals surface area contributed by atoms with Crippen LogP contribution in [0.4, 0.5) is 11.6 Å². The average molecular weight is 389 g/mol. The molecule has 148 valence electrons. The van der Waals surface area contributed by atoms with Crippen molar-refractivity contribution in [3.63, 3.8) is 0 Å². The molecule has 0 fully saturated rings. The Labute approximate surface area is 169 Å². The number of nitrogens with zero attached hydrogens (tertiary/aromatic N) is 6. The van der Waals surface area contributed by atoms with Crippen molar-refractivity contribution in [3.05, 3.63) is 54.1 Å². The van der Waals surface area contributed by atoms with Gasteiger partial charge in [0.25, 0.3) is 0 Å². The van der Waals surface area contributed by atoms with Gasteiger partial charge in [0.15, 0.2) is 5.82 Å². The summed E-state index contributed by atoms with van der Waals surface area (Å²) in [6.07, 6.45) is 5.51. The number of aryl methyl sites for hydroxylation is 2. The summed E-state index contributed by atoms with van der Waals surface area (Å²) in [5, 5.41) is 15.9. The molecular formula is C21H23N7O. The lowest BCUT2D eigenvalue weighted by Gasteiger charge is -2.12. The maximum Gasteiger partial charge on any atom is 0.154 e. The molecule has 0 aliphatic rings. The molecule has 0 spiro atoms. The van der Waals surface area contributed by atoms with Crippen molar-refractivity contribution in [1.82, 2.24) is 29.9 Å². The van der Waals surface area contributed by atoms with Crippen LogP contribution in [0.15, 0.2) is 42.9 Å². The minimum absolute atomic E-state index is 0.0462.